The maximum atomic E-state index is 14.8. The lowest BCUT2D eigenvalue weighted by atomic mass is 9.76. The summed E-state index contributed by atoms with van der Waals surface area (Å²) >= 11 is 0. The van der Waals surface area contributed by atoms with E-state index in [1.54, 1.807) is 6.07 Å². The van der Waals surface area contributed by atoms with Gasteiger partial charge < -0.3 is 19.7 Å². The van der Waals surface area contributed by atoms with Crippen LogP contribution in [-0.2, 0) is 15.7 Å². The van der Waals surface area contributed by atoms with Crippen LogP contribution in [0.25, 0.3) is 0 Å². The molecule has 1 aliphatic heterocycles. The number of aryl methyl sites for hydroxylation is 1. The van der Waals surface area contributed by atoms with Crippen molar-refractivity contribution in [2.75, 3.05) is 0 Å². The fourth-order valence-electron chi connectivity index (χ4n) is 3.46. The maximum absolute atomic E-state index is 14.8. The number of fused-ring (bicyclic) bond motifs is 1. The summed E-state index contributed by atoms with van der Waals surface area (Å²) in [7, 11) is -0.760. The molecule has 1 atom stereocenters. The minimum atomic E-state index is -1.09. The quantitative estimate of drug-likeness (QED) is 0.636. The molecule has 136 valence electrons. The van der Waals surface area contributed by atoms with Gasteiger partial charge in [-0.2, -0.15) is 0 Å². The third-order valence-corrected chi connectivity index (χ3v) is 5.63. The van der Waals surface area contributed by atoms with Gasteiger partial charge in [0.05, 0.1) is 17.2 Å². The SMILES string of the molecule is CC1(C)OB(c2cc3c(cc2F)C(NC(=O)O)CCCC3)OC1(C)C. The van der Waals surface area contributed by atoms with Crippen molar-refractivity contribution in [1.82, 2.24) is 5.32 Å². The van der Waals surface area contributed by atoms with Gasteiger partial charge in [-0.3, -0.25) is 0 Å². The van der Waals surface area contributed by atoms with Gasteiger partial charge in [0.25, 0.3) is 0 Å². The molecule has 1 heterocycles. The number of hydrogen-bond acceptors (Lipinski definition) is 3. The molecule has 1 amide bonds. The van der Waals surface area contributed by atoms with E-state index in [0.717, 1.165) is 30.4 Å². The fourth-order valence-corrected chi connectivity index (χ4v) is 3.46. The first-order chi connectivity index (χ1) is 11.6. The van der Waals surface area contributed by atoms with Crippen molar-refractivity contribution in [3.05, 3.63) is 29.1 Å². The van der Waals surface area contributed by atoms with Crippen LogP contribution in [0.15, 0.2) is 12.1 Å². The lowest BCUT2D eigenvalue weighted by Gasteiger charge is -2.32. The zero-order valence-corrected chi connectivity index (χ0v) is 15.2. The van der Waals surface area contributed by atoms with E-state index in [-0.39, 0.29) is 6.04 Å². The van der Waals surface area contributed by atoms with E-state index in [9.17, 15) is 9.18 Å². The first kappa shape index (κ1) is 18.2. The average molecular weight is 349 g/mol. The van der Waals surface area contributed by atoms with Crippen molar-refractivity contribution < 1.29 is 23.6 Å². The molecule has 5 nitrogen and oxygen atoms in total. The van der Waals surface area contributed by atoms with E-state index in [0.29, 0.717) is 11.9 Å². The van der Waals surface area contributed by atoms with Crippen LogP contribution in [0.1, 0.15) is 64.1 Å². The summed E-state index contributed by atoms with van der Waals surface area (Å²) in [5, 5.41) is 11.6. The summed E-state index contributed by atoms with van der Waals surface area (Å²) in [6, 6.07) is 2.85. The van der Waals surface area contributed by atoms with Crippen LogP contribution < -0.4 is 10.8 Å². The molecular formula is C18H25BFNO4. The van der Waals surface area contributed by atoms with Crippen molar-refractivity contribution in [3.8, 4) is 0 Å². The van der Waals surface area contributed by atoms with Gasteiger partial charge in [-0.1, -0.05) is 12.5 Å². The Morgan fingerprint density at radius 3 is 2.48 bits per heavy atom. The third-order valence-electron chi connectivity index (χ3n) is 5.63. The van der Waals surface area contributed by atoms with E-state index in [1.165, 1.54) is 6.07 Å². The number of hydrogen-bond donors (Lipinski definition) is 2. The predicted molar refractivity (Wildman–Crippen MR) is 93.6 cm³/mol. The Kier molecular flexibility index (Phi) is 4.58. The van der Waals surface area contributed by atoms with Gasteiger partial charge in [0, 0.05) is 5.46 Å². The van der Waals surface area contributed by atoms with E-state index in [2.05, 4.69) is 5.32 Å². The summed E-state index contributed by atoms with van der Waals surface area (Å²) in [6.07, 6.45) is 2.22. The Morgan fingerprint density at radius 1 is 1.24 bits per heavy atom. The van der Waals surface area contributed by atoms with Gasteiger partial charge in [-0.25, -0.2) is 9.18 Å². The van der Waals surface area contributed by atoms with Crippen molar-refractivity contribution in [1.29, 1.82) is 0 Å². The average Bonchev–Trinajstić information content (AvgIpc) is 2.61. The van der Waals surface area contributed by atoms with Crippen molar-refractivity contribution >= 4 is 18.7 Å². The van der Waals surface area contributed by atoms with Gasteiger partial charge >= 0.3 is 13.2 Å². The number of amides is 1. The summed E-state index contributed by atoms with van der Waals surface area (Å²) < 4.78 is 26.8. The molecule has 0 radical (unpaired) electrons. The minimum Gasteiger partial charge on any atom is -0.465 e. The second-order valence-corrected chi connectivity index (χ2v) is 7.91. The Balaban J connectivity index is 1.97. The topological polar surface area (TPSA) is 67.8 Å². The van der Waals surface area contributed by atoms with Crippen LogP contribution in [0.4, 0.5) is 9.18 Å². The van der Waals surface area contributed by atoms with Gasteiger partial charge in [0.1, 0.15) is 5.82 Å². The molecule has 2 N–H and O–H groups in total. The second-order valence-electron chi connectivity index (χ2n) is 7.91. The standard InChI is InChI=1S/C18H25BFNO4/c1-17(2)18(3,4)25-19(24-17)13-9-11-7-5-6-8-15(21-16(22)23)12(11)10-14(13)20/h9-10,15,21H,5-8H2,1-4H3,(H,22,23). The van der Waals surface area contributed by atoms with Crippen LogP contribution in [0.2, 0.25) is 0 Å². The number of carboxylic acid groups (broad SMARTS) is 1. The first-order valence-electron chi connectivity index (χ1n) is 8.78. The van der Waals surface area contributed by atoms with Crippen molar-refractivity contribution in [2.24, 2.45) is 0 Å². The highest BCUT2D eigenvalue weighted by molar-refractivity contribution is 6.62. The second kappa shape index (κ2) is 6.29. The number of nitrogens with one attached hydrogen (secondary N) is 1. The van der Waals surface area contributed by atoms with Crippen LogP contribution in [0.5, 0.6) is 0 Å². The third kappa shape index (κ3) is 3.40. The molecule has 3 rings (SSSR count). The molecule has 0 saturated carbocycles. The fraction of sp³-hybridized carbons (Fsp3) is 0.611. The molecule has 1 unspecified atom stereocenters. The summed E-state index contributed by atoms with van der Waals surface area (Å²) in [4.78, 5) is 11.0. The molecule has 2 aliphatic rings. The Hall–Kier alpha value is -1.60. The molecular weight excluding hydrogens is 324 g/mol. The molecule has 1 aromatic rings. The van der Waals surface area contributed by atoms with Crippen LogP contribution in [-0.4, -0.2) is 29.5 Å². The highest BCUT2D eigenvalue weighted by Crippen LogP contribution is 2.37. The van der Waals surface area contributed by atoms with E-state index < -0.39 is 30.2 Å². The Bertz CT molecular complexity index is 676. The minimum absolute atomic E-state index is 0.378. The normalized spacial score (nSPS) is 24.5. The van der Waals surface area contributed by atoms with E-state index in [1.807, 2.05) is 27.7 Å². The Labute approximate surface area is 148 Å². The molecule has 0 bridgehead atoms. The van der Waals surface area contributed by atoms with Crippen LogP contribution in [0.3, 0.4) is 0 Å². The van der Waals surface area contributed by atoms with Crippen molar-refractivity contribution in [3.63, 3.8) is 0 Å². The van der Waals surface area contributed by atoms with Crippen molar-refractivity contribution in [2.45, 2.75) is 70.6 Å². The zero-order chi connectivity index (χ0) is 18.4. The van der Waals surface area contributed by atoms with E-state index in [4.69, 9.17) is 14.4 Å². The lowest BCUT2D eigenvalue weighted by Crippen LogP contribution is -2.41. The predicted octanol–water partition coefficient (Wildman–Crippen LogP) is 3.16. The smallest absolute Gasteiger partial charge is 0.465 e. The summed E-state index contributed by atoms with van der Waals surface area (Å²) in [5.74, 6) is -0.420. The molecule has 1 aromatic carbocycles. The summed E-state index contributed by atoms with van der Waals surface area (Å²) in [5.41, 5.74) is 0.989. The first-order valence-corrected chi connectivity index (χ1v) is 8.78. The van der Waals surface area contributed by atoms with Crippen LogP contribution in [0, 0.1) is 5.82 Å². The largest absolute Gasteiger partial charge is 0.497 e. The molecule has 0 aromatic heterocycles. The molecule has 0 spiro atoms. The molecule has 1 aliphatic carbocycles. The zero-order valence-electron chi connectivity index (χ0n) is 15.2. The number of carbonyl (C=O) groups is 1. The molecule has 1 saturated heterocycles. The highest BCUT2D eigenvalue weighted by Gasteiger charge is 2.52. The lowest BCUT2D eigenvalue weighted by molar-refractivity contribution is 0.00578. The highest BCUT2D eigenvalue weighted by atomic mass is 19.1. The number of benzene rings is 1. The van der Waals surface area contributed by atoms with Gasteiger partial charge in [0.2, 0.25) is 0 Å². The molecule has 1 fully saturated rings. The number of halogens is 1. The molecule has 7 heteroatoms. The molecule has 25 heavy (non-hydrogen) atoms. The number of rotatable bonds is 2. The van der Waals surface area contributed by atoms with Crippen LogP contribution >= 0.6 is 0 Å². The van der Waals surface area contributed by atoms with Gasteiger partial charge in [-0.05, 0) is 64.2 Å². The van der Waals surface area contributed by atoms with E-state index >= 15 is 0 Å². The van der Waals surface area contributed by atoms with Gasteiger partial charge in [0.15, 0.2) is 0 Å². The summed E-state index contributed by atoms with van der Waals surface area (Å²) in [6.45, 7) is 7.73. The monoisotopic (exact) mass is 349 g/mol. The Morgan fingerprint density at radius 2 is 1.88 bits per heavy atom. The van der Waals surface area contributed by atoms with Gasteiger partial charge in [-0.15, -0.1) is 0 Å². The maximum Gasteiger partial charge on any atom is 0.497 e.